The van der Waals surface area contributed by atoms with Gasteiger partial charge in [0.15, 0.2) is 0 Å². The van der Waals surface area contributed by atoms with Crippen LogP contribution in [-0.2, 0) is 13.0 Å². The van der Waals surface area contributed by atoms with Gasteiger partial charge in [0, 0.05) is 19.1 Å². The average Bonchev–Trinajstić information content (AvgIpc) is 2.17. The summed E-state index contributed by atoms with van der Waals surface area (Å²) < 4.78 is 0. The van der Waals surface area contributed by atoms with E-state index in [0.29, 0.717) is 6.04 Å². The van der Waals surface area contributed by atoms with E-state index in [1.165, 1.54) is 24.1 Å². The van der Waals surface area contributed by atoms with E-state index < -0.39 is 0 Å². The molecule has 0 aromatic heterocycles. The first-order valence-corrected chi connectivity index (χ1v) is 5.50. The van der Waals surface area contributed by atoms with Crippen LogP contribution in [0.4, 0.5) is 0 Å². The second-order valence-electron chi connectivity index (χ2n) is 4.53. The van der Waals surface area contributed by atoms with Crippen LogP contribution in [0.1, 0.15) is 30.5 Å². The number of hydrogen-bond acceptors (Lipinski definition) is 1. The third kappa shape index (κ3) is 1.69. The van der Waals surface area contributed by atoms with Crippen molar-refractivity contribution in [3.05, 3.63) is 34.9 Å². The fourth-order valence-corrected chi connectivity index (χ4v) is 2.26. The van der Waals surface area contributed by atoms with Crippen molar-refractivity contribution >= 4 is 0 Å². The van der Waals surface area contributed by atoms with E-state index in [1.54, 1.807) is 5.56 Å². The molecule has 0 aliphatic carbocycles. The predicted octanol–water partition coefficient (Wildman–Crippen LogP) is 2.76. The number of benzene rings is 1. The van der Waals surface area contributed by atoms with Crippen LogP contribution in [0.5, 0.6) is 0 Å². The lowest BCUT2D eigenvalue weighted by Gasteiger charge is -2.32. The summed E-state index contributed by atoms with van der Waals surface area (Å²) in [5, 5.41) is 0. The number of nitrogens with zero attached hydrogens (tertiary/aromatic N) is 1. The Labute approximate surface area is 86.7 Å². The first kappa shape index (κ1) is 9.72. The number of fused-ring (bicyclic) bond motifs is 1. The van der Waals surface area contributed by atoms with Gasteiger partial charge in [-0.2, -0.15) is 0 Å². The molecular formula is C13H19N. The molecule has 76 valence electrons. The van der Waals surface area contributed by atoms with Crippen LogP contribution < -0.4 is 0 Å². The highest BCUT2D eigenvalue weighted by Gasteiger charge is 2.18. The molecule has 1 aromatic carbocycles. The van der Waals surface area contributed by atoms with E-state index in [4.69, 9.17) is 0 Å². The van der Waals surface area contributed by atoms with Crippen molar-refractivity contribution in [2.24, 2.45) is 0 Å². The minimum atomic E-state index is 0.670. The molecule has 1 heterocycles. The van der Waals surface area contributed by atoms with Crippen molar-refractivity contribution in [3.63, 3.8) is 0 Å². The van der Waals surface area contributed by atoms with E-state index in [-0.39, 0.29) is 0 Å². The van der Waals surface area contributed by atoms with Crippen molar-refractivity contribution in [2.75, 3.05) is 6.54 Å². The lowest BCUT2D eigenvalue weighted by atomic mass is 9.95. The molecule has 0 saturated carbocycles. The maximum Gasteiger partial charge on any atom is 0.0239 e. The molecule has 0 N–H and O–H groups in total. The van der Waals surface area contributed by atoms with Gasteiger partial charge in [-0.05, 0) is 43.9 Å². The zero-order valence-electron chi connectivity index (χ0n) is 9.38. The highest BCUT2D eigenvalue weighted by Crippen LogP contribution is 2.22. The molecule has 1 aliphatic rings. The molecule has 14 heavy (non-hydrogen) atoms. The van der Waals surface area contributed by atoms with Gasteiger partial charge in [-0.1, -0.05) is 18.2 Å². The molecule has 0 bridgehead atoms. The van der Waals surface area contributed by atoms with Gasteiger partial charge >= 0.3 is 0 Å². The first-order valence-electron chi connectivity index (χ1n) is 5.50. The Balaban J connectivity index is 2.27. The zero-order chi connectivity index (χ0) is 10.1. The third-order valence-electron chi connectivity index (χ3n) is 3.26. The number of hydrogen-bond donors (Lipinski definition) is 0. The van der Waals surface area contributed by atoms with Gasteiger partial charge in [-0.25, -0.2) is 0 Å². The second-order valence-corrected chi connectivity index (χ2v) is 4.53. The molecule has 0 amide bonds. The summed E-state index contributed by atoms with van der Waals surface area (Å²) in [5.41, 5.74) is 4.58. The SMILES string of the molecule is Cc1cccc2c1CCN(C(C)C)C2. The van der Waals surface area contributed by atoms with E-state index >= 15 is 0 Å². The van der Waals surface area contributed by atoms with Crippen LogP contribution >= 0.6 is 0 Å². The highest BCUT2D eigenvalue weighted by atomic mass is 15.1. The molecule has 0 spiro atoms. The maximum absolute atomic E-state index is 2.54. The molecule has 1 aromatic rings. The molecule has 0 fully saturated rings. The van der Waals surface area contributed by atoms with Crippen molar-refractivity contribution in [1.82, 2.24) is 4.90 Å². The van der Waals surface area contributed by atoms with Gasteiger partial charge in [0.1, 0.15) is 0 Å². The summed E-state index contributed by atoms with van der Waals surface area (Å²) in [6.45, 7) is 9.13. The van der Waals surface area contributed by atoms with Gasteiger partial charge in [0.05, 0.1) is 0 Å². The molecular weight excluding hydrogens is 170 g/mol. The topological polar surface area (TPSA) is 3.24 Å². The Morgan fingerprint density at radius 2 is 2.07 bits per heavy atom. The van der Waals surface area contributed by atoms with Crippen LogP contribution in [0, 0.1) is 6.92 Å². The summed E-state index contributed by atoms with van der Waals surface area (Å²) in [5.74, 6) is 0. The van der Waals surface area contributed by atoms with Crippen molar-refractivity contribution in [2.45, 2.75) is 39.8 Å². The van der Waals surface area contributed by atoms with Crippen LogP contribution in [0.25, 0.3) is 0 Å². The Morgan fingerprint density at radius 1 is 1.29 bits per heavy atom. The third-order valence-corrected chi connectivity index (χ3v) is 3.26. The monoisotopic (exact) mass is 189 g/mol. The number of rotatable bonds is 1. The average molecular weight is 189 g/mol. The second kappa shape index (κ2) is 3.74. The lowest BCUT2D eigenvalue weighted by Crippen LogP contribution is -2.36. The molecule has 1 nitrogen and oxygen atoms in total. The molecule has 1 aliphatic heterocycles. The minimum Gasteiger partial charge on any atom is -0.296 e. The molecule has 0 radical (unpaired) electrons. The maximum atomic E-state index is 2.54. The first-order chi connectivity index (χ1) is 6.68. The van der Waals surface area contributed by atoms with Gasteiger partial charge in [0.2, 0.25) is 0 Å². The van der Waals surface area contributed by atoms with Gasteiger partial charge in [-0.15, -0.1) is 0 Å². The summed E-state index contributed by atoms with van der Waals surface area (Å²) >= 11 is 0. The largest absolute Gasteiger partial charge is 0.296 e. The fourth-order valence-electron chi connectivity index (χ4n) is 2.26. The molecule has 1 heteroatoms. The summed E-state index contributed by atoms with van der Waals surface area (Å²) in [6, 6.07) is 7.35. The standard InChI is InChI=1S/C13H19N/c1-10(2)14-8-7-13-11(3)5-4-6-12(13)9-14/h4-6,10H,7-9H2,1-3H3. The summed E-state index contributed by atoms with van der Waals surface area (Å²) in [6.07, 6.45) is 1.22. The van der Waals surface area contributed by atoms with E-state index in [0.717, 1.165) is 6.54 Å². The van der Waals surface area contributed by atoms with Crippen LogP contribution in [-0.4, -0.2) is 17.5 Å². The van der Waals surface area contributed by atoms with E-state index in [9.17, 15) is 0 Å². The Morgan fingerprint density at radius 3 is 2.79 bits per heavy atom. The molecule has 0 saturated heterocycles. The van der Waals surface area contributed by atoms with Crippen LogP contribution in [0.15, 0.2) is 18.2 Å². The van der Waals surface area contributed by atoms with Crippen molar-refractivity contribution in [1.29, 1.82) is 0 Å². The zero-order valence-corrected chi connectivity index (χ0v) is 9.38. The molecule has 0 unspecified atom stereocenters. The van der Waals surface area contributed by atoms with Crippen LogP contribution in [0.3, 0.4) is 0 Å². The van der Waals surface area contributed by atoms with Crippen molar-refractivity contribution in [3.8, 4) is 0 Å². The quantitative estimate of drug-likeness (QED) is 0.656. The predicted molar refractivity (Wildman–Crippen MR) is 60.4 cm³/mol. The Bertz CT molecular complexity index is 328. The van der Waals surface area contributed by atoms with Gasteiger partial charge < -0.3 is 0 Å². The molecule has 0 atom stereocenters. The fraction of sp³-hybridized carbons (Fsp3) is 0.538. The lowest BCUT2D eigenvalue weighted by molar-refractivity contribution is 0.203. The highest BCUT2D eigenvalue weighted by molar-refractivity contribution is 5.36. The van der Waals surface area contributed by atoms with E-state index in [2.05, 4.69) is 43.9 Å². The Kier molecular flexibility index (Phi) is 2.60. The summed E-state index contributed by atoms with van der Waals surface area (Å²) in [4.78, 5) is 2.54. The van der Waals surface area contributed by atoms with Crippen molar-refractivity contribution < 1.29 is 0 Å². The number of aryl methyl sites for hydroxylation is 1. The van der Waals surface area contributed by atoms with Gasteiger partial charge in [0.25, 0.3) is 0 Å². The summed E-state index contributed by atoms with van der Waals surface area (Å²) in [7, 11) is 0. The minimum absolute atomic E-state index is 0.670. The van der Waals surface area contributed by atoms with E-state index in [1.807, 2.05) is 0 Å². The Hall–Kier alpha value is -0.820. The van der Waals surface area contributed by atoms with Gasteiger partial charge in [-0.3, -0.25) is 4.90 Å². The normalized spacial score (nSPS) is 17.1. The smallest absolute Gasteiger partial charge is 0.0239 e. The molecule has 2 rings (SSSR count). The van der Waals surface area contributed by atoms with Crippen LogP contribution in [0.2, 0.25) is 0 Å².